The van der Waals surface area contributed by atoms with Crippen molar-refractivity contribution in [2.24, 2.45) is 10.9 Å². The highest BCUT2D eigenvalue weighted by Crippen LogP contribution is 2.13. The normalized spacial score (nSPS) is 11.4. The Kier molecular flexibility index (Phi) is 5.15. The lowest BCUT2D eigenvalue weighted by Gasteiger charge is -2.08. The zero-order chi connectivity index (χ0) is 15.1. The summed E-state index contributed by atoms with van der Waals surface area (Å²) in [4.78, 5) is 4.28. The molecule has 1 aromatic heterocycles. The zero-order valence-electron chi connectivity index (χ0n) is 12.0. The number of ether oxygens (including phenoxy) is 1. The van der Waals surface area contributed by atoms with Gasteiger partial charge in [0.2, 0.25) is 5.88 Å². The molecule has 0 atom stereocenters. The van der Waals surface area contributed by atoms with Crippen LogP contribution in [0.1, 0.15) is 23.2 Å². The van der Waals surface area contributed by atoms with Crippen molar-refractivity contribution in [2.75, 3.05) is 6.61 Å². The van der Waals surface area contributed by atoms with Gasteiger partial charge in [-0.1, -0.05) is 35.5 Å². The standard InChI is InChI=1S/C16H19N3O2/c1-12-10-14(16(17)19-20)11-15(18-12)21-9-5-8-13-6-3-2-4-7-13/h2-4,6-7,10-11,20H,5,8-9H2,1H3,(H2,17,19). The lowest BCUT2D eigenvalue weighted by Crippen LogP contribution is -2.14. The maximum absolute atomic E-state index is 8.71. The van der Waals surface area contributed by atoms with E-state index >= 15 is 0 Å². The van der Waals surface area contributed by atoms with Crippen LogP contribution in [0.3, 0.4) is 0 Å². The lowest BCUT2D eigenvalue weighted by atomic mass is 10.1. The summed E-state index contributed by atoms with van der Waals surface area (Å²) in [6.07, 6.45) is 1.86. The van der Waals surface area contributed by atoms with Crippen molar-refractivity contribution in [3.8, 4) is 5.88 Å². The quantitative estimate of drug-likeness (QED) is 0.281. The van der Waals surface area contributed by atoms with Gasteiger partial charge < -0.3 is 15.7 Å². The van der Waals surface area contributed by atoms with Crippen molar-refractivity contribution >= 4 is 5.84 Å². The Hall–Kier alpha value is -2.56. The molecule has 1 aromatic carbocycles. The van der Waals surface area contributed by atoms with Crippen LogP contribution in [0.2, 0.25) is 0 Å². The van der Waals surface area contributed by atoms with Crippen molar-refractivity contribution < 1.29 is 9.94 Å². The summed E-state index contributed by atoms with van der Waals surface area (Å²) in [5.41, 5.74) is 8.23. The second kappa shape index (κ2) is 7.28. The van der Waals surface area contributed by atoms with Gasteiger partial charge in [-0.15, -0.1) is 0 Å². The van der Waals surface area contributed by atoms with Gasteiger partial charge >= 0.3 is 0 Å². The van der Waals surface area contributed by atoms with E-state index in [1.165, 1.54) is 5.56 Å². The molecule has 0 fully saturated rings. The molecular formula is C16H19N3O2. The molecule has 5 nitrogen and oxygen atoms in total. The molecule has 21 heavy (non-hydrogen) atoms. The van der Waals surface area contributed by atoms with Crippen LogP contribution in [-0.2, 0) is 6.42 Å². The van der Waals surface area contributed by atoms with E-state index in [1.54, 1.807) is 12.1 Å². The van der Waals surface area contributed by atoms with E-state index in [0.29, 0.717) is 18.1 Å². The number of rotatable bonds is 6. The highest BCUT2D eigenvalue weighted by Gasteiger charge is 2.05. The minimum absolute atomic E-state index is 0.0506. The number of benzene rings is 1. The number of aromatic nitrogens is 1. The van der Waals surface area contributed by atoms with Crippen molar-refractivity contribution in [3.63, 3.8) is 0 Å². The number of oxime groups is 1. The van der Waals surface area contributed by atoms with E-state index < -0.39 is 0 Å². The highest BCUT2D eigenvalue weighted by molar-refractivity contribution is 5.97. The first-order valence-electron chi connectivity index (χ1n) is 6.82. The van der Waals surface area contributed by atoms with Crippen LogP contribution in [0, 0.1) is 6.92 Å². The van der Waals surface area contributed by atoms with E-state index in [9.17, 15) is 0 Å². The number of pyridine rings is 1. The smallest absolute Gasteiger partial charge is 0.214 e. The van der Waals surface area contributed by atoms with Crippen LogP contribution in [0.4, 0.5) is 0 Å². The molecule has 5 heteroatoms. The average molecular weight is 285 g/mol. The van der Waals surface area contributed by atoms with E-state index in [-0.39, 0.29) is 5.84 Å². The Balaban J connectivity index is 1.90. The summed E-state index contributed by atoms with van der Waals surface area (Å²) in [6.45, 7) is 2.41. The molecule has 2 rings (SSSR count). The molecule has 0 aliphatic carbocycles. The minimum atomic E-state index is 0.0506. The molecular weight excluding hydrogens is 266 g/mol. The summed E-state index contributed by atoms with van der Waals surface area (Å²) >= 11 is 0. The Morgan fingerprint density at radius 3 is 2.76 bits per heavy atom. The fraction of sp³-hybridized carbons (Fsp3) is 0.250. The van der Waals surface area contributed by atoms with E-state index in [4.69, 9.17) is 15.7 Å². The minimum Gasteiger partial charge on any atom is -0.478 e. The number of hydrogen-bond acceptors (Lipinski definition) is 4. The maximum Gasteiger partial charge on any atom is 0.214 e. The third-order valence-corrected chi connectivity index (χ3v) is 3.04. The van der Waals surface area contributed by atoms with Crippen LogP contribution in [0.25, 0.3) is 0 Å². The summed E-state index contributed by atoms with van der Waals surface area (Å²) in [6, 6.07) is 13.7. The number of amidine groups is 1. The third-order valence-electron chi connectivity index (χ3n) is 3.04. The van der Waals surface area contributed by atoms with Crippen molar-refractivity contribution in [3.05, 3.63) is 59.3 Å². The molecule has 0 saturated heterocycles. The lowest BCUT2D eigenvalue weighted by molar-refractivity contribution is 0.298. The molecule has 0 radical (unpaired) electrons. The third kappa shape index (κ3) is 4.49. The molecule has 0 amide bonds. The first-order valence-corrected chi connectivity index (χ1v) is 6.82. The fourth-order valence-corrected chi connectivity index (χ4v) is 2.02. The summed E-state index contributed by atoms with van der Waals surface area (Å²) in [5.74, 6) is 0.541. The van der Waals surface area contributed by atoms with Gasteiger partial charge in [0, 0.05) is 17.3 Å². The van der Waals surface area contributed by atoms with Crippen molar-refractivity contribution in [1.82, 2.24) is 4.98 Å². The first kappa shape index (κ1) is 14.8. The molecule has 0 aliphatic heterocycles. The number of nitrogens with zero attached hydrogens (tertiary/aromatic N) is 2. The van der Waals surface area contributed by atoms with Gasteiger partial charge in [0.1, 0.15) is 0 Å². The molecule has 1 heterocycles. The Bertz CT molecular complexity index is 612. The second-order valence-corrected chi connectivity index (χ2v) is 4.76. The number of hydrogen-bond donors (Lipinski definition) is 2. The molecule has 0 saturated carbocycles. The van der Waals surface area contributed by atoms with Crippen LogP contribution in [-0.4, -0.2) is 22.6 Å². The SMILES string of the molecule is Cc1cc(/C(N)=N/O)cc(OCCCc2ccccc2)n1. The van der Waals surface area contributed by atoms with Gasteiger partial charge in [0.05, 0.1) is 6.61 Å². The number of nitrogens with two attached hydrogens (primary N) is 1. The molecule has 0 unspecified atom stereocenters. The van der Waals surface area contributed by atoms with Gasteiger partial charge in [0.25, 0.3) is 0 Å². The molecule has 110 valence electrons. The molecule has 2 aromatic rings. The van der Waals surface area contributed by atoms with Crippen LogP contribution in [0.5, 0.6) is 5.88 Å². The Morgan fingerprint density at radius 1 is 1.29 bits per heavy atom. The first-order chi connectivity index (χ1) is 10.2. The predicted octanol–water partition coefficient (Wildman–Crippen LogP) is 2.50. The van der Waals surface area contributed by atoms with E-state index in [1.807, 2.05) is 25.1 Å². The van der Waals surface area contributed by atoms with Crippen LogP contribution < -0.4 is 10.5 Å². The van der Waals surface area contributed by atoms with Gasteiger partial charge in [-0.2, -0.15) is 0 Å². The average Bonchev–Trinajstić information content (AvgIpc) is 2.51. The predicted molar refractivity (Wildman–Crippen MR) is 81.7 cm³/mol. The summed E-state index contributed by atoms with van der Waals surface area (Å²) in [7, 11) is 0. The van der Waals surface area contributed by atoms with Crippen LogP contribution >= 0.6 is 0 Å². The Morgan fingerprint density at radius 2 is 2.05 bits per heavy atom. The summed E-state index contributed by atoms with van der Waals surface area (Å²) in [5, 5.41) is 11.7. The topological polar surface area (TPSA) is 80.7 Å². The second-order valence-electron chi connectivity index (χ2n) is 4.76. The Labute approximate surface area is 124 Å². The van der Waals surface area contributed by atoms with Gasteiger partial charge in [-0.3, -0.25) is 0 Å². The largest absolute Gasteiger partial charge is 0.478 e. The molecule has 0 bridgehead atoms. The van der Waals surface area contributed by atoms with Gasteiger partial charge in [0.15, 0.2) is 5.84 Å². The van der Waals surface area contributed by atoms with Gasteiger partial charge in [-0.25, -0.2) is 4.98 Å². The summed E-state index contributed by atoms with van der Waals surface area (Å²) < 4.78 is 5.64. The van der Waals surface area contributed by atoms with Crippen molar-refractivity contribution in [2.45, 2.75) is 19.8 Å². The molecule has 3 N–H and O–H groups in total. The molecule has 0 aliphatic rings. The molecule has 0 spiro atoms. The zero-order valence-corrected chi connectivity index (χ0v) is 12.0. The van der Waals surface area contributed by atoms with Gasteiger partial charge in [-0.05, 0) is 31.4 Å². The number of aryl methyl sites for hydroxylation is 2. The fourth-order valence-electron chi connectivity index (χ4n) is 2.02. The van der Waals surface area contributed by atoms with E-state index in [0.717, 1.165) is 18.5 Å². The monoisotopic (exact) mass is 285 g/mol. The van der Waals surface area contributed by atoms with E-state index in [2.05, 4.69) is 22.3 Å². The van der Waals surface area contributed by atoms with Crippen molar-refractivity contribution in [1.29, 1.82) is 0 Å². The maximum atomic E-state index is 8.71. The van der Waals surface area contributed by atoms with Crippen LogP contribution in [0.15, 0.2) is 47.6 Å². The highest BCUT2D eigenvalue weighted by atomic mass is 16.5.